The zero-order valence-corrected chi connectivity index (χ0v) is 24.9. The highest BCUT2D eigenvalue weighted by Gasteiger charge is 2.49. The number of benzene rings is 2. The van der Waals surface area contributed by atoms with Crippen molar-refractivity contribution in [1.29, 1.82) is 0 Å². The monoisotopic (exact) mass is 607 g/mol. The topological polar surface area (TPSA) is 94.8 Å². The molecular formula is C33H36F3N5O3. The van der Waals surface area contributed by atoms with Crippen molar-refractivity contribution in [3.05, 3.63) is 47.7 Å². The molecule has 2 aromatic heterocycles. The Morgan fingerprint density at radius 1 is 1.14 bits per heavy atom. The van der Waals surface area contributed by atoms with E-state index in [1.54, 1.807) is 6.07 Å². The van der Waals surface area contributed by atoms with Crippen molar-refractivity contribution < 1.29 is 28.1 Å². The Kier molecular flexibility index (Phi) is 7.28. The van der Waals surface area contributed by atoms with E-state index < -0.39 is 29.4 Å². The highest BCUT2D eigenvalue weighted by Crippen LogP contribution is 2.42. The normalized spacial score (nSPS) is 25.7. The fourth-order valence-corrected chi connectivity index (χ4v) is 7.44. The maximum Gasteiger partial charge on any atom is 0.319 e. The van der Waals surface area contributed by atoms with Crippen molar-refractivity contribution in [2.24, 2.45) is 5.92 Å². The molecule has 0 radical (unpaired) electrons. The fraction of sp³-hybridized carbons (Fsp3) is 0.485. The van der Waals surface area contributed by atoms with Gasteiger partial charge in [0.05, 0.1) is 17.0 Å². The van der Waals surface area contributed by atoms with Crippen LogP contribution >= 0.6 is 0 Å². The average molecular weight is 608 g/mol. The Morgan fingerprint density at radius 2 is 1.98 bits per heavy atom. The summed E-state index contributed by atoms with van der Waals surface area (Å²) in [4.78, 5) is 17.7. The van der Waals surface area contributed by atoms with Gasteiger partial charge in [0.15, 0.2) is 5.82 Å². The van der Waals surface area contributed by atoms with E-state index in [0.717, 1.165) is 19.4 Å². The third-order valence-electron chi connectivity index (χ3n) is 9.85. The Labute approximate surface area is 253 Å². The van der Waals surface area contributed by atoms with E-state index in [0.29, 0.717) is 66.4 Å². The lowest BCUT2D eigenvalue weighted by molar-refractivity contribution is 0.101. The van der Waals surface area contributed by atoms with Crippen LogP contribution in [-0.2, 0) is 6.42 Å². The van der Waals surface area contributed by atoms with E-state index in [1.165, 1.54) is 24.4 Å². The first-order chi connectivity index (χ1) is 21.2. The summed E-state index contributed by atoms with van der Waals surface area (Å²) in [5.41, 5.74) is 0.0761. The van der Waals surface area contributed by atoms with Crippen molar-refractivity contribution in [3.8, 4) is 23.0 Å². The van der Waals surface area contributed by atoms with Crippen LogP contribution in [-0.4, -0.2) is 80.7 Å². The second kappa shape index (κ2) is 11.0. The maximum atomic E-state index is 16.7. The number of hydrogen-bond donors (Lipinski definition) is 2. The smallest absolute Gasteiger partial charge is 0.319 e. The van der Waals surface area contributed by atoms with Crippen LogP contribution in [0.4, 0.5) is 19.0 Å². The van der Waals surface area contributed by atoms with Gasteiger partial charge >= 0.3 is 6.01 Å². The molecule has 7 rings (SSSR count). The quantitative estimate of drug-likeness (QED) is 0.295. The summed E-state index contributed by atoms with van der Waals surface area (Å²) >= 11 is 0. The molecule has 44 heavy (non-hydrogen) atoms. The lowest BCUT2D eigenvalue weighted by atomic mass is 9.94. The van der Waals surface area contributed by atoms with Crippen LogP contribution < -0.4 is 9.64 Å². The molecular weight excluding hydrogens is 571 g/mol. The number of aliphatic hydroxyl groups is 1. The van der Waals surface area contributed by atoms with Crippen molar-refractivity contribution in [1.82, 2.24) is 19.9 Å². The number of aryl methyl sites for hydroxylation is 1. The van der Waals surface area contributed by atoms with Gasteiger partial charge in [-0.2, -0.15) is 9.97 Å². The Hall–Kier alpha value is -3.70. The van der Waals surface area contributed by atoms with Crippen LogP contribution in [0.25, 0.3) is 32.9 Å². The minimum atomic E-state index is -0.926. The number of pyridine rings is 1. The third kappa shape index (κ3) is 4.81. The van der Waals surface area contributed by atoms with Gasteiger partial charge in [-0.15, -0.1) is 0 Å². The van der Waals surface area contributed by atoms with Crippen molar-refractivity contribution in [2.45, 2.75) is 63.8 Å². The molecule has 0 aliphatic carbocycles. The summed E-state index contributed by atoms with van der Waals surface area (Å²) in [5.74, 6) is -0.785. The van der Waals surface area contributed by atoms with Gasteiger partial charge in [0.2, 0.25) is 0 Å². The number of nitrogens with zero attached hydrogens (tertiary/aromatic N) is 5. The van der Waals surface area contributed by atoms with Crippen LogP contribution in [0.3, 0.4) is 0 Å². The standard InChI is InChI=1S/C33H36F3N5O3/c1-3-22-25(35)6-5-19-11-21(42)12-23(27(19)22)29-28(36)30-24(14-37-29)31(40-10-7-18(2)26(43)16-40)39-32(38-30)44-17-33-8-4-9-41(33)15-20(34)13-33/h5-6,11-12,14,18,20,26,42-43H,3-4,7-10,13,15-17H2,1-2H3/t18-,20+,26?,33-/m0/s1. The van der Waals surface area contributed by atoms with Crippen molar-refractivity contribution >= 4 is 27.5 Å². The summed E-state index contributed by atoms with van der Waals surface area (Å²) in [5, 5.41) is 22.6. The molecule has 1 unspecified atom stereocenters. The molecule has 8 nitrogen and oxygen atoms in total. The van der Waals surface area contributed by atoms with Crippen molar-refractivity contribution in [3.63, 3.8) is 0 Å². The van der Waals surface area contributed by atoms with Gasteiger partial charge in [-0.05, 0) is 72.7 Å². The number of phenols is 1. The number of anilines is 1. The van der Waals surface area contributed by atoms with E-state index in [1.807, 2.05) is 18.7 Å². The number of alkyl halides is 1. The highest BCUT2D eigenvalue weighted by atomic mass is 19.1. The molecule has 3 aliphatic rings. The first-order valence-corrected chi connectivity index (χ1v) is 15.4. The van der Waals surface area contributed by atoms with Gasteiger partial charge in [0.25, 0.3) is 0 Å². The predicted molar refractivity (Wildman–Crippen MR) is 162 cm³/mol. The number of fused-ring (bicyclic) bond motifs is 3. The molecule has 11 heteroatoms. The number of aromatic nitrogens is 3. The van der Waals surface area contributed by atoms with Crippen LogP contribution in [0.1, 0.15) is 45.1 Å². The molecule has 3 fully saturated rings. The average Bonchev–Trinajstić information content (AvgIpc) is 3.53. The number of ether oxygens (including phenoxy) is 1. The zero-order valence-electron chi connectivity index (χ0n) is 24.9. The minimum Gasteiger partial charge on any atom is -0.508 e. The SMILES string of the molecule is CCc1c(F)ccc2cc(O)cc(-c3ncc4c(N5CC[C@H](C)C(O)C5)nc(OC[C@@]56CCCN5C[C@H](F)C6)nc4c3F)c12. The van der Waals surface area contributed by atoms with Crippen LogP contribution in [0, 0.1) is 17.6 Å². The van der Waals surface area contributed by atoms with Crippen LogP contribution in [0.5, 0.6) is 11.8 Å². The summed E-state index contributed by atoms with van der Waals surface area (Å²) in [6.45, 7) is 6.04. The highest BCUT2D eigenvalue weighted by molar-refractivity contribution is 6.01. The number of hydrogen-bond acceptors (Lipinski definition) is 8. The third-order valence-corrected chi connectivity index (χ3v) is 9.85. The van der Waals surface area contributed by atoms with Crippen molar-refractivity contribution in [2.75, 3.05) is 37.7 Å². The van der Waals surface area contributed by atoms with Gasteiger partial charge in [0.1, 0.15) is 41.4 Å². The van der Waals surface area contributed by atoms with Crippen LogP contribution in [0.15, 0.2) is 30.5 Å². The molecule has 0 bridgehead atoms. The van der Waals surface area contributed by atoms with Gasteiger partial charge in [0, 0.05) is 37.8 Å². The Bertz CT molecular complexity index is 1760. The molecule has 5 heterocycles. The summed E-state index contributed by atoms with van der Waals surface area (Å²) in [7, 11) is 0. The molecule has 3 aliphatic heterocycles. The predicted octanol–water partition coefficient (Wildman–Crippen LogP) is 5.55. The molecule has 2 N–H and O–H groups in total. The van der Waals surface area contributed by atoms with Gasteiger partial charge < -0.3 is 19.8 Å². The molecule has 4 aromatic rings. The molecule has 232 valence electrons. The lowest BCUT2D eigenvalue weighted by Gasteiger charge is -2.35. The minimum absolute atomic E-state index is 0.0374. The van der Waals surface area contributed by atoms with Gasteiger partial charge in [-0.1, -0.05) is 19.9 Å². The zero-order chi connectivity index (χ0) is 30.7. The number of halogens is 3. The molecule has 2 aromatic carbocycles. The number of β-amino-alcohol motifs (C(OH)–C–C–N with tert-alkyl or cyclic N) is 1. The molecule has 4 atom stereocenters. The van der Waals surface area contributed by atoms with E-state index in [4.69, 9.17) is 9.72 Å². The van der Waals surface area contributed by atoms with Crippen LogP contribution in [0.2, 0.25) is 0 Å². The molecule has 0 spiro atoms. The first-order valence-electron chi connectivity index (χ1n) is 15.4. The largest absolute Gasteiger partial charge is 0.508 e. The van der Waals surface area contributed by atoms with E-state index in [2.05, 4.69) is 14.9 Å². The first kappa shape index (κ1) is 29.0. The Morgan fingerprint density at radius 3 is 2.77 bits per heavy atom. The molecule has 0 amide bonds. The second-order valence-electron chi connectivity index (χ2n) is 12.6. The molecule has 3 saturated heterocycles. The fourth-order valence-electron chi connectivity index (χ4n) is 7.44. The van der Waals surface area contributed by atoms with E-state index in [9.17, 15) is 19.0 Å². The Balaban J connectivity index is 1.37. The van der Waals surface area contributed by atoms with E-state index in [-0.39, 0.29) is 41.1 Å². The number of piperidine rings is 1. The summed E-state index contributed by atoms with van der Waals surface area (Å²) < 4.78 is 52.2. The maximum absolute atomic E-state index is 16.7. The summed E-state index contributed by atoms with van der Waals surface area (Å²) in [6.07, 6.45) is 3.15. The molecule has 0 saturated carbocycles. The number of phenolic OH excluding ortho intramolecular Hbond substituents is 1. The number of rotatable bonds is 6. The van der Waals surface area contributed by atoms with E-state index >= 15 is 4.39 Å². The van der Waals surface area contributed by atoms with Gasteiger partial charge in [-0.25, -0.2) is 13.2 Å². The number of aromatic hydroxyl groups is 1. The lowest BCUT2D eigenvalue weighted by Crippen LogP contribution is -2.44. The van der Waals surface area contributed by atoms with Gasteiger partial charge in [-0.3, -0.25) is 9.88 Å². The summed E-state index contributed by atoms with van der Waals surface area (Å²) in [6, 6.07) is 5.76. The second-order valence-corrected chi connectivity index (χ2v) is 12.6. The number of aliphatic hydroxyl groups excluding tert-OH is 1.